The van der Waals surface area contributed by atoms with Gasteiger partial charge in [0.05, 0.1) is 18.9 Å². The van der Waals surface area contributed by atoms with E-state index in [1.54, 1.807) is 6.20 Å². The van der Waals surface area contributed by atoms with Gasteiger partial charge in [0.25, 0.3) is 0 Å². The summed E-state index contributed by atoms with van der Waals surface area (Å²) in [5, 5.41) is 1.13. The van der Waals surface area contributed by atoms with Crippen molar-refractivity contribution in [2.45, 2.75) is 6.42 Å². The van der Waals surface area contributed by atoms with Crippen LogP contribution in [0.1, 0.15) is 5.56 Å². The average Bonchev–Trinajstić information content (AvgIpc) is 2.35. The fraction of sp³-hybridized carbons (Fsp3) is 0.385. The fourth-order valence-corrected chi connectivity index (χ4v) is 2.29. The summed E-state index contributed by atoms with van der Waals surface area (Å²) in [7, 11) is 2.10. The number of fused-ring (bicyclic) bond motifs is 3. The van der Waals surface area contributed by atoms with Crippen LogP contribution in [0.15, 0.2) is 24.5 Å². The number of aromatic nitrogens is 2. The number of hydrogen-bond acceptors (Lipinski definition) is 4. The minimum Gasteiger partial charge on any atom is -0.379 e. The molecule has 0 unspecified atom stereocenters. The standard InChI is InChI=1S/C13H15N3O/c1-16-6-8-17-7-4-10-9-15-13-11(12(10)16)3-2-5-14-13/h2-3,5,9H,4,6-8H2,1H3. The Labute approximate surface area is 100 Å². The van der Waals surface area contributed by atoms with Crippen molar-refractivity contribution in [1.82, 2.24) is 9.97 Å². The smallest absolute Gasteiger partial charge is 0.161 e. The summed E-state index contributed by atoms with van der Waals surface area (Å²) in [6, 6.07) is 4.06. The van der Waals surface area contributed by atoms with Crippen LogP contribution in [0.3, 0.4) is 0 Å². The zero-order valence-corrected chi connectivity index (χ0v) is 9.89. The Balaban J connectivity index is 2.23. The van der Waals surface area contributed by atoms with Crippen LogP contribution < -0.4 is 4.90 Å². The van der Waals surface area contributed by atoms with Gasteiger partial charge < -0.3 is 9.64 Å². The van der Waals surface area contributed by atoms with E-state index in [1.165, 1.54) is 11.3 Å². The predicted molar refractivity (Wildman–Crippen MR) is 67.3 cm³/mol. The summed E-state index contributed by atoms with van der Waals surface area (Å²) in [5.74, 6) is 0. The van der Waals surface area contributed by atoms with Gasteiger partial charge in [-0.2, -0.15) is 0 Å². The first kappa shape index (κ1) is 10.5. The van der Waals surface area contributed by atoms with Gasteiger partial charge >= 0.3 is 0 Å². The van der Waals surface area contributed by atoms with E-state index in [-0.39, 0.29) is 0 Å². The van der Waals surface area contributed by atoms with Crippen LogP contribution in [0.4, 0.5) is 5.69 Å². The van der Waals surface area contributed by atoms with E-state index < -0.39 is 0 Å². The lowest BCUT2D eigenvalue weighted by Crippen LogP contribution is -2.27. The molecule has 88 valence electrons. The lowest BCUT2D eigenvalue weighted by atomic mass is 10.1. The summed E-state index contributed by atoms with van der Waals surface area (Å²) in [6.45, 7) is 2.45. The molecule has 0 atom stereocenters. The molecule has 0 bridgehead atoms. The normalized spacial score (nSPS) is 16.4. The van der Waals surface area contributed by atoms with Gasteiger partial charge in [0.15, 0.2) is 5.65 Å². The molecule has 2 aromatic rings. The van der Waals surface area contributed by atoms with Crippen LogP contribution in [0.2, 0.25) is 0 Å². The second-order valence-electron chi connectivity index (χ2n) is 4.29. The van der Waals surface area contributed by atoms with Crippen molar-refractivity contribution in [2.24, 2.45) is 0 Å². The quantitative estimate of drug-likeness (QED) is 0.688. The molecule has 3 rings (SSSR count). The van der Waals surface area contributed by atoms with Crippen molar-refractivity contribution in [3.8, 4) is 0 Å². The molecule has 2 aromatic heterocycles. The molecular weight excluding hydrogens is 214 g/mol. The Bertz CT molecular complexity index is 541. The third kappa shape index (κ3) is 1.85. The minimum atomic E-state index is 0.772. The van der Waals surface area contributed by atoms with Gasteiger partial charge in [-0.1, -0.05) is 0 Å². The third-order valence-corrected chi connectivity index (χ3v) is 3.16. The molecule has 0 spiro atoms. The van der Waals surface area contributed by atoms with Gasteiger partial charge in [0.2, 0.25) is 0 Å². The highest BCUT2D eigenvalue weighted by molar-refractivity contribution is 5.91. The maximum Gasteiger partial charge on any atom is 0.161 e. The Hall–Kier alpha value is -1.68. The van der Waals surface area contributed by atoms with Gasteiger partial charge in [-0.3, -0.25) is 0 Å². The van der Waals surface area contributed by atoms with Crippen LogP contribution in [-0.2, 0) is 11.2 Å². The molecule has 4 nitrogen and oxygen atoms in total. The van der Waals surface area contributed by atoms with Crippen LogP contribution >= 0.6 is 0 Å². The first-order chi connectivity index (χ1) is 8.36. The van der Waals surface area contributed by atoms with Crippen molar-refractivity contribution in [2.75, 3.05) is 31.7 Å². The fourth-order valence-electron chi connectivity index (χ4n) is 2.29. The molecule has 0 saturated carbocycles. The van der Waals surface area contributed by atoms with Gasteiger partial charge in [-0.25, -0.2) is 9.97 Å². The molecule has 4 heteroatoms. The Morgan fingerprint density at radius 1 is 1.29 bits per heavy atom. The van der Waals surface area contributed by atoms with Crippen molar-refractivity contribution >= 4 is 16.7 Å². The van der Waals surface area contributed by atoms with Crippen LogP contribution in [0.25, 0.3) is 11.0 Å². The molecule has 1 aliphatic heterocycles. The first-order valence-electron chi connectivity index (χ1n) is 5.88. The molecule has 3 heterocycles. The van der Waals surface area contributed by atoms with E-state index in [0.29, 0.717) is 0 Å². The molecule has 0 radical (unpaired) electrons. The number of rotatable bonds is 0. The SMILES string of the molecule is CN1CCOCCc2cnc3ncccc3c21. The molecule has 17 heavy (non-hydrogen) atoms. The van der Waals surface area contributed by atoms with E-state index >= 15 is 0 Å². The Kier molecular flexibility index (Phi) is 2.65. The molecule has 1 aliphatic rings. The lowest BCUT2D eigenvalue weighted by molar-refractivity contribution is 0.141. The van der Waals surface area contributed by atoms with E-state index in [2.05, 4.69) is 28.0 Å². The van der Waals surface area contributed by atoms with Gasteiger partial charge in [0, 0.05) is 31.4 Å². The van der Waals surface area contributed by atoms with Crippen molar-refractivity contribution in [1.29, 1.82) is 0 Å². The summed E-state index contributed by atoms with van der Waals surface area (Å²) in [6.07, 6.45) is 4.63. The second-order valence-corrected chi connectivity index (χ2v) is 4.29. The zero-order chi connectivity index (χ0) is 11.7. The third-order valence-electron chi connectivity index (χ3n) is 3.16. The van der Waals surface area contributed by atoms with E-state index in [4.69, 9.17) is 4.74 Å². The Morgan fingerprint density at radius 2 is 2.24 bits per heavy atom. The number of ether oxygens (including phenoxy) is 1. The van der Waals surface area contributed by atoms with Crippen molar-refractivity contribution in [3.63, 3.8) is 0 Å². The summed E-state index contributed by atoms with van der Waals surface area (Å²) < 4.78 is 5.53. The van der Waals surface area contributed by atoms with E-state index in [9.17, 15) is 0 Å². The molecule has 0 amide bonds. The summed E-state index contributed by atoms with van der Waals surface area (Å²) in [4.78, 5) is 11.0. The highest BCUT2D eigenvalue weighted by Crippen LogP contribution is 2.28. The highest BCUT2D eigenvalue weighted by Gasteiger charge is 2.15. The monoisotopic (exact) mass is 229 g/mol. The lowest BCUT2D eigenvalue weighted by Gasteiger charge is -2.26. The van der Waals surface area contributed by atoms with Crippen molar-refractivity contribution in [3.05, 3.63) is 30.1 Å². The van der Waals surface area contributed by atoms with E-state index in [1.807, 2.05) is 12.3 Å². The average molecular weight is 229 g/mol. The number of anilines is 1. The van der Waals surface area contributed by atoms with Crippen molar-refractivity contribution < 1.29 is 4.74 Å². The number of hydrogen-bond donors (Lipinski definition) is 0. The minimum absolute atomic E-state index is 0.772. The number of nitrogens with zero attached hydrogens (tertiary/aromatic N) is 3. The largest absolute Gasteiger partial charge is 0.379 e. The van der Waals surface area contributed by atoms with Gasteiger partial charge in [-0.05, 0) is 24.1 Å². The summed E-state index contributed by atoms with van der Waals surface area (Å²) in [5.41, 5.74) is 3.32. The molecule has 0 aliphatic carbocycles. The molecule has 0 saturated heterocycles. The molecule has 0 fully saturated rings. The number of pyridine rings is 2. The summed E-state index contributed by atoms with van der Waals surface area (Å²) >= 11 is 0. The van der Waals surface area contributed by atoms with Gasteiger partial charge in [-0.15, -0.1) is 0 Å². The molecule has 0 aromatic carbocycles. The maximum absolute atomic E-state index is 5.53. The zero-order valence-electron chi connectivity index (χ0n) is 9.89. The van der Waals surface area contributed by atoms with Crippen LogP contribution in [0, 0.1) is 0 Å². The Morgan fingerprint density at radius 3 is 3.18 bits per heavy atom. The van der Waals surface area contributed by atoms with Gasteiger partial charge in [0.1, 0.15) is 0 Å². The topological polar surface area (TPSA) is 38.2 Å². The van der Waals surface area contributed by atoms with E-state index in [0.717, 1.165) is 37.2 Å². The van der Waals surface area contributed by atoms with Crippen LogP contribution in [0.5, 0.6) is 0 Å². The predicted octanol–water partition coefficient (Wildman–Crippen LogP) is 1.64. The molecular formula is C13H15N3O. The maximum atomic E-state index is 5.53. The first-order valence-corrected chi connectivity index (χ1v) is 5.88. The second kappa shape index (κ2) is 4.30. The highest BCUT2D eigenvalue weighted by atomic mass is 16.5. The van der Waals surface area contributed by atoms with Crippen LogP contribution in [-0.4, -0.2) is 36.8 Å². The number of likely N-dealkylation sites (N-methyl/N-ethyl adjacent to an activating group) is 1. The molecule has 0 N–H and O–H groups in total.